The first-order chi connectivity index (χ1) is 27.1. The number of hydrogen-bond donors (Lipinski definition) is 7. The number of unbranched alkanes of at least 4 members (excludes halogenated alkanes) is 1. The summed E-state index contributed by atoms with van der Waals surface area (Å²) in [6.07, 6.45) is 9.18. The molecule has 5 rings (SSSR count). The zero-order valence-electron chi connectivity index (χ0n) is 32.5. The third-order valence-corrected chi connectivity index (χ3v) is 11.5. The Morgan fingerprint density at radius 3 is 2.30 bits per heavy atom. The van der Waals surface area contributed by atoms with E-state index in [0.29, 0.717) is 37.1 Å². The highest BCUT2D eigenvalue weighted by molar-refractivity contribution is 7.71. The molecule has 6 amide bonds. The van der Waals surface area contributed by atoms with Gasteiger partial charge in [0.05, 0.1) is 29.7 Å². The van der Waals surface area contributed by atoms with Gasteiger partial charge in [-0.2, -0.15) is 0 Å². The van der Waals surface area contributed by atoms with E-state index >= 15 is 0 Å². The molecule has 2 heterocycles. The molecule has 19 heteroatoms. The minimum Gasteiger partial charge on any atom is -0.384 e. The summed E-state index contributed by atoms with van der Waals surface area (Å²) in [5, 5.41) is 30.2. The smallest absolute Gasteiger partial charge is 0.315 e. The maximum atomic E-state index is 14.8. The lowest BCUT2D eigenvalue weighted by molar-refractivity contribution is -0.142. The summed E-state index contributed by atoms with van der Waals surface area (Å²) in [5.41, 5.74) is 5.08. The Morgan fingerprint density at radius 2 is 1.67 bits per heavy atom. The number of aliphatic hydroxyl groups is 1. The van der Waals surface area contributed by atoms with Gasteiger partial charge in [-0.05, 0) is 76.0 Å². The van der Waals surface area contributed by atoms with Crippen LogP contribution in [0.15, 0.2) is 30.5 Å². The highest BCUT2D eigenvalue weighted by Gasteiger charge is 2.45. The number of amides is 6. The van der Waals surface area contributed by atoms with Crippen LogP contribution >= 0.6 is 0 Å². The van der Waals surface area contributed by atoms with Crippen molar-refractivity contribution in [2.24, 2.45) is 11.7 Å². The van der Waals surface area contributed by atoms with Gasteiger partial charge in [0.25, 0.3) is 11.8 Å². The van der Waals surface area contributed by atoms with Gasteiger partial charge in [0.2, 0.25) is 17.6 Å². The number of thiol groups is 1. The molecule has 3 aliphatic rings. The van der Waals surface area contributed by atoms with Crippen molar-refractivity contribution < 1.29 is 42.3 Å². The van der Waals surface area contributed by atoms with E-state index in [-0.39, 0.29) is 48.7 Å². The van der Waals surface area contributed by atoms with E-state index in [1.54, 1.807) is 13.8 Å². The lowest BCUT2D eigenvalue weighted by Gasteiger charge is -2.32. The summed E-state index contributed by atoms with van der Waals surface area (Å²) >= 11 is 0. The lowest BCUT2D eigenvalue weighted by Crippen LogP contribution is -2.56. The summed E-state index contributed by atoms with van der Waals surface area (Å²) < 4.78 is 23.9. The van der Waals surface area contributed by atoms with E-state index in [2.05, 4.69) is 31.6 Å². The van der Waals surface area contributed by atoms with Gasteiger partial charge in [-0.3, -0.25) is 24.0 Å². The second-order valence-electron chi connectivity index (χ2n) is 15.9. The quantitative estimate of drug-likeness (QED) is 0.0590. The number of likely N-dealkylation sites (tertiary alicyclic amines) is 1. The number of hydrogen-bond acceptors (Lipinski definition) is 11. The van der Waals surface area contributed by atoms with Gasteiger partial charge in [0, 0.05) is 31.1 Å². The average molecular weight is 814 g/mol. The number of carbonyl (C=O) groups is 6. The normalized spacial score (nSPS) is 19.8. The van der Waals surface area contributed by atoms with Crippen LogP contribution in [0.2, 0.25) is 0 Å². The number of urea groups is 1. The predicted molar refractivity (Wildman–Crippen MR) is 207 cm³/mol. The molecule has 1 unspecified atom stereocenters. The number of nitrogens with one attached hydrogen (secondary N) is 4. The third kappa shape index (κ3) is 12.3. The van der Waals surface area contributed by atoms with Crippen molar-refractivity contribution in [3.8, 4) is 0 Å². The molecular weight excluding hydrogens is 759 g/mol. The number of carbonyl (C=O) groups excluding carboxylic acids is 6. The Morgan fingerprint density at radius 1 is 0.965 bits per heavy atom. The van der Waals surface area contributed by atoms with E-state index in [1.807, 2.05) is 0 Å². The molecule has 312 valence electrons. The van der Waals surface area contributed by atoms with E-state index in [9.17, 15) is 42.3 Å². The first-order valence-electron chi connectivity index (χ1n) is 19.7. The average Bonchev–Trinajstić information content (AvgIpc) is 3.62. The second-order valence-corrected chi connectivity index (χ2v) is 16.9. The highest BCUT2D eigenvalue weighted by atomic mass is 32.2. The largest absolute Gasteiger partial charge is 0.384 e. The van der Waals surface area contributed by atoms with E-state index in [1.165, 1.54) is 40.0 Å². The van der Waals surface area contributed by atoms with Crippen LogP contribution in [-0.4, -0.2) is 106 Å². The molecule has 0 bridgehead atoms. The van der Waals surface area contributed by atoms with Gasteiger partial charge in [0.1, 0.15) is 28.4 Å². The number of nitrogens with two attached hydrogens (primary N) is 1. The Kier molecular flexibility index (Phi) is 14.8. The van der Waals surface area contributed by atoms with E-state index in [0.717, 1.165) is 44.9 Å². The highest BCUT2D eigenvalue weighted by Crippen LogP contribution is 2.33. The van der Waals surface area contributed by atoms with Crippen LogP contribution in [0.4, 0.5) is 4.79 Å². The molecule has 7 N–H and O–H groups in total. The number of Topliss-reactive ketones (excluding diaryl/α,β-unsaturated/α-hetero) is 1. The molecule has 1 aromatic heterocycles. The number of aromatic nitrogens is 3. The molecule has 2 aliphatic carbocycles. The van der Waals surface area contributed by atoms with Gasteiger partial charge < -0.3 is 37.0 Å². The standard InChI is InChI=1S/C38H55N9O9S/c1-38(2,54)31-20-41-45-47(31)27-19-30(35(51)43-28(32(48)33(39)49)10-6-7-17-40-37(53)42-26-15-16-26)46(21-27)36(52)29(18-23-8-4-3-5-9-23)44-34(50)25-13-11-24(12-14-25)22-57(55)56/h11-14,20,23,26-30,54,57H,3-10,15-19,21-22H2,1-2H3,(H2,39,49)(H,43,51)(H,44,50)(H2,40,42,53)/t27-,28?,29+,30-/m0/s1. The van der Waals surface area contributed by atoms with E-state index < -0.39 is 69.9 Å². The molecule has 1 aromatic carbocycles. The van der Waals surface area contributed by atoms with Crippen molar-refractivity contribution >= 4 is 46.1 Å². The molecule has 0 radical (unpaired) electrons. The first kappa shape index (κ1) is 43.2. The van der Waals surface area contributed by atoms with Gasteiger partial charge in [-0.25, -0.2) is 17.9 Å². The molecule has 57 heavy (non-hydrogen) atoms. The molecule has 1 aliphatic heterocycles. The zero-order valence-corrected chi connectivity index (χ0v) is 33.4. The van der Waals surface area contributed by atoms with Gasteiger partial charge >= 0.3 is 6.03 Å². The van der Waals surface area contributed by atoms with E-state index in [4.69, 9.17) is 5.73 Å². The van der Waals surface area contributed by atoms with Crippen molar-refractivity contribution in [2.75, 3.05) is 13.1 Å². The van der Waals surface area contributed by atoms with Gasteiger partial charge in [0.15, 0.2) is 0 Å². The fraction of sp³-hybridized carbons (Fsp3) is 0.632. The fourth-order valence-corrected chi connectivity index (χ4v) is 8.12. The third-order valence-electron chi connectivity index (χ3n) is 10.8. The van der Waals surface area contributed by atoms with Crippen molar-refractivity contribution in [1.82, 2.24) is 41.2 Å². The maximum Gasteiger partial charge on any atom is 0.315 e. The lowest BCUT2D eigenvalue weighted by atomic mass is 9.84. The predicted octanol–water partition coefficient (Wildman–Crippen LogP) is 0.699. The SMILES string of the molecule is CC(C)(O)c1cnnn1[C@H]1C[C@@H](C(=O)NC(CCCCNC(=O)NC2CC2)C(=O)C(N)=O)N(C(=O)[C@@H](CC2CCCCC2)NC(=O)c2ccc(C[SH](=O)=O)cc2)C1. The Bertz CT molecular complexity index is 1840. The Balaban J connectivity index is 1.38. The molecule has 3 fully saturated rings. The molecule has 0 spiro atoms. The van der Waals surface area contributed by atoms with Crippen LogP contribution in [-0.2, 0) is 41.2 Å². The number of rotatable bonds is 19. The summed E-state index contributed by atoms with van der Waals surface area (Å²) in [6.45, 7) is 3.37. The minimum absolute atomic E-state index is 0.00898. The van der Waals surface area contributed by atoms with Crippen molar-refractivity contribution in [3.63, 3.8) is 0 Å². The summed E-state index contributed by atoms with van der Waals surface area (Å²) in [7, 11) is -2.66. The molecule has 1 saturated heterocycles. The molecule has 2 saturated carbocycles. The molecule has 2 aromatic rings. The van der Waals surface area contributed by atoms with Crippen LogP contribution in [0, 0.1) is 5.92 Å². The van der Waals surface area contributed by atoms with Crippen LogP contribution in [0.1, 0.15) is 119 Å². The number of benzene rings is 1. The van der Waals surface area contributed by atoms with Crippen molar-refractivity contribution in [1.29, 1.82) is 0 Å². The monoisotopic (exact) mass is 813 g/mol. The molecular formula is C38H55N9O9S. The fourth-order valence-electron chi connectivity index (χ4n) is 7.61. The second kappa shape index (κ2) is 19.5. The summed E-state index contributed by atoms with van der Waals surface area (Å²) in [5.74, 6) is -4.09. The topological polar surface area (TPSA) is 265 Å². The maximum absolute atomic E-state index is 14.8. The van der Waals surface area contributed by atoms with Crippen molar-refractivity contribution in [3.05, 3.63) is 47.3 Å². The number of ketones is 1. The summed E-state index contributed by atoms with van der Waals surface area (Å²) in [6, 6.07) is 1.77. The van der Waals surface area contributed by atoms with Crippen molar-refractivity contribution in [2.45, 2.75) is 132 Å². The van der Waals surface area contributed by atoms with Gasteiger partial charge in [-0.1, -0.05) is 49.5 Å². The zero-order chi connectivity index (χ0) is 41.3. The Hall–Kier alpha value is -4.91. The van der Waals surface area contributed by atoms with Crippen LogP contribution < -0.4 is 27.0 Å². The first-order valence-corrected chi connectivity index (χ1v) is 21.1. The van der Waals surface area contributed by atoms with Crippen LogP contribution in [0.25, 0.3) is 0 Å². The van der Waals surface area contributed by atoms with Gasteiger partial charge in [-0.15, -0.1) is 5.10 Å². The minimum atomic E-state index is -2.66. The number of nitrogens with zero attached hydrogens (tertiary/aromatic N) is 4. The number of primary amides is 1. The molecule has 4 atom stereocenters. The Labute approximate surface area is 333 Å². The van der Waals surface area contributed by atoms with Crippen LogP contribution in [0.5, 0.6) is 0 Å². The summed E-state index contributed by atoms with van der Waals surface area (Å²) in [4.78, 5) is 81.1. The van der Waals surface area contributed by atoms with Crippen LogP contribution in [0.3, 0.4) is 0 Å². The molecule has 18 nitrogen and oxygen atoms in total.